The molecule has 0 saturated carbocycles. The molecule has 2 aromatic heterocycles. The Kier molecular flexibility index (Phi) is 6.79. The van der Waals surface area contributed by atoms with E-state index in [9.17, 15) is 0 Å². The predicted octanol–water partition coefficient (Wildman–Crippen LogP) is 4.99. The largest absolute Gasteiger partial charge is 0.383 e. The van der Waals surface area contributed by atoms with Crippen LogP contribution in [0.3, 0.4) is 0 Å². The lowest BCUT2D eigenvalue weighted by Gasteiger charge is -2.02. The molecular weight excluding hydrogens is 402 g/mol. The summed E-state index contributed by atoms with van der Waals surface area (Å²) in [6, 6.07) is 20.6. The van der Waals surface area contributed by atoms with Gasteiger partial charge in [0.15, 0.2) is 0 Å². The number of aryl methyl sites for hydroxylation is 3. The quantitative estimate of drug-likeness (QED) is 0.317. The van der Waals surface area contributed by atoms with E-state index in [0.29, 0.717) is 12.4 Å². The number of aromatic nitrogens is 3. The summed E-state index contributed by atoms with van der Waals surface area (Å²) < 4.78 is 0. The zero-order chi connectivity index (χ0) is 21.5. The minimum absolute atomic E-state index is 0.510. The Labute approximate surface area is 186 Å². The predicted molar refractivity (Wildman–Crippen MR) is 127 cm³/mol. The lowest BCUT2D eigenvalue weighted by molar-refractivity contribution is 0.794. The first-order valence-corrected chi connectivity index (χ1v) is 11.2. The van der Waals surface area contributed by atoms with Crippen molar-refractivity contribution in [1.29, 1.82) is 0 Å². The molecule has 0 atom stereocenters. The van der Waals surface area contributed by atoms with Crippen molar-refractivity contribution in [2.24, 2.45) is 10.7 Å². The molecule has 0 saturated heterocycles. The molecule has 156 valence electrons. The van der Waals surface area contributed by atoms with E-state index in [1.165, 1.54) is 16.9 Å². The van der Waals surface area contributed by atoms with Crippen LogP contribution in [0, 0.1) is 6.92 Å². The smallest absolute Gasteiger partial charge is 0.144 e. The lowest BCUT2D eigenvalue weighted by atomic mass is 10.1. The second-order valence-corrected chi connectivity index (χ2v) is 8.35. The number of rotatable bonds is 8. The molecule has 0 aliphatic heterocycles. The van der Waals surface area contributed by atoms with Crippen LogP contribution in [-0.2, 0) is 19.4 Å². The highest BCUT2D eigenvalue weighted by Gasteiger charge is 2.14. The third kappa shape index (κ3) is 5.61. The zero-order valence-corrected chi connectivity index (χ0v) is 18.3. The Morgan fingerprint density at radius 2 is 1.61 bits per heavy atom. The molecule has 4 rings (SSSR count). The number of benzene rings is 2. The van der Waals surface area contributed by atoms with E-state index in [1.807, 2.05) is 49.5 Å². The van der Waals surface area contributed by atoms with Gasteiger partial charge in [-0.15, -0.1) is 11.3 Å². The van der Waals surface area contributed by atoms with Gasteiger partial charge < -0.3 is 5.73 Å². The Balaban J connectivity index is 1.39. The molecule has 0 spiro atoms. The van der Waals surface area contributed by atoms with E-state index in [-0.39, 0.29) is 0 Å². The molecule has 0 fully saturated rings. The Morgan fingerprint density at radius 3 is 2.29 bits per heavy atom. The van der Waals surface area contributed by atoms with Crippen molar-refractivity contribution in [2.75, 3.05) is 0 Å². The van der Waals surface area contributed by atoms with E-state index in [0.717, 1.165) is 51.8 Å². The Hall–Kier alpha value is -3.38. The van der Waals surface area contributed by atoms with Gasteiger partial charge in [0.1, 0.15) is 16.5 Å². The molecule has 0 unspecified atom stereocenters. The van der Waals surface area contributed by atoms with Gasteiger partial charge in [-0.25, -0.2) is 4.98 Å². The summed E-state index contributed by atoms with van der Waals surface area (Å²) in [6.07, 6.45) is 6.65. The summed E-state index contributed by atoms with van der Waals surface area (Å²) in [5.41, 5.74) is 11.4. The number of aliphatic imine (C=N–C) groups is 1. The van der Waals surface area contributed by atoms with Crippen LogP contribution in [-0.4, -0.2) is 20.8 Å². The van der Waals surface area contributed by atoms with Crippen molar-refractivity contribution in [1.82, 2.24) is 15.0 Å². The van der Waals surface area contributed by atoms with E-state index >= 15 is 0 Å². The molecular formula is C25H25N5S. The van der Waals surface area contributed by atoms with E-state index in [2.05, 4.69) is 44.2 Å². The molecule has 5 nitrogen and oxygen atoms in total. The first-order valence-electron chi connectivity index (χ1n) is 10.4. The SMILES string of the molecule is Cc1nc(-c2cnc(CCCc3ccccc3)cn2)sc1C(N)=NCc1ccccc1. The number of nitrogens with two attached hydrogens (primary N) is 1. The number of hydrogen-bond acceptors (Lipinski definition) is 5. The van der Waals surface area contributed by atoms with Gasteiger partial charge in [0.2, 0.25) is 0 Å². The van der Waals surface area contributed by atoms with Gasteiger partial charge in [-0.2, -0.15) is 0 Å². The average Bonchev–Trinajstić information content (AvgIpc) is 3.21. The van der Waals surface area contributed by atoms with Crippen molar-refractivity contribution in [3.05, 3.63) is 100 Å². The maximum Gasteiger partial charge on any atom is 0.144 e. The van der Waals surface area contributed by atoms with Gasteiger partial charge >= 0.3 is 0 Å². The number of amidine groups is 1. The average molecular weight is 428 g/mol. The van der Waals surface area contributed by atoms with E-state index in [4.69, 9.17) is 5.73 Å². The lowest BCUT2D eigenvalue weighted by Crippen LogP contribution is -2.13. The minimum Gasteiger partial charge on any atom is -0.383 e. The van der Waals surface area contributed by atoms with Gasteiger partial charge in [-0.05, 0) is 37.3 Å². The third-order valence-electron chi connectivity index (χ3n) is 4.97. The number of nitrogens with zero attached hydrogens (tertiary/aromatic N) is 4. The fourth-order valence-electron chi connectivity index (χ4n) is 3.29. The van der Waals surface area contributed by atoms with Crippen LogP contribution in [0.1, 0.15) is 33.8 Å². The fraction of sp³-hybridized carbons (Fsp3) is 0.200. The van der Waals surface area contributed by atoms with Crippen LogP contribution < -0.4 is 5.73 Å². The molecule has 0 aliphatic rings. The molecule has 2 heterocycles. The number of thiazole rings is 1. The maximum absolute atomic E-state index is 6.25. The summed E-state index contributed by atoms with van der Waals surface area (Å²) >= 11 is 1.51. The highest BCUT2D eigenvalue weighted by atomic mass is 32.1. The van der Waals surface area contributed by atoms with Crippen LogP contribution in [0.5, 0.6) is 0 Å². The summed E-state index contributed by atoms with van der Waals surface area (Å²) in [4.78, 5) is 19.2. The Bertz CT molecular complexity index is 1140. The first kappa shape index (κ1) is 20.9. The molecule has 6 heteroatoms. The van der Waals surface area contributed by atoms with E-state index in [1.54, 1.807) is 6.20 Å². The second-order valence-electron chi connectivity index (χ2n) is 7.35. The minimum atomic E-state index is 0.510. The zero-order valence-electron chi connectivity index (χ0n) is 17.5. The molecule has 0 aliphatic carbocycles. The molecule has 0 radical (unpaired) electrons. The fourth-order valence-corrected chi connectivity index (χ4v) is 4.24. The third-order valence-corrected chi connectivity index (χ3v) is 6.17. The van der Waals surface area contributed by atoms with Crippen molar-refractivity contribution in [2.45, 2.75) is 32.7 Å². The second kappa shape index (κ2) is 10.1. The highest BCUT2D eigenvalue weighted by molar-refractivity contribution is 7.17. The van der Waals surface area contributed by atoms with Crippen molar-refractivity contribution in [3.8, 4) is 10.7 Å². The van der Waals surface area contributed by atoms with Crippen LogP contribution in [0.25, 0.3) is 10.7 Å². The molecule has 0 bridgehead atoms. The number of hydrogen-bond donors (Lipinski definition) is 1. The molecule has 0 amide bonds. The first-order chi connectivity index (χ1) is 15.2. The van der Waals surface area contributed by atoms with Crippen LogP contribution in [0.2, 0.25) is 0 Å². The summed E-state index contributed by atoms with van der Waals surface area (Å²) in [7, 11) is 0. The Morgan fingerprint density at radius 1 is 0.903 bits per heavy atom. The molecule has 2 aromatic carbocycles. The molecule has 4 aromatic rings. The van der Waals surface area contributed by atoms with E-state index < -0.39 is 0 Å². The van der Waals surface area contributed by atoms with Gasteiger partial charge in [0, 0.05) is 6.20 Å². The molecule has 2 N–H and O–H groups in total. The van der Waals surface area contributed by atoms with Crippen molar-refractivity contribution >= 4 is 17.2 Å². The summed E-state index contributed by atoms with van der Waals surface area (Å²) in [5.74, 6) is 0.510. The van der Waals surface area contributed by atoms with Crippen molar-refractivity contribution < 1.29 is 0 Å². The monoisotopic (exact) mass is 427 g/mol. The van der Waals surface area contributed by atoms with Gasteiger partial charge in [-0.3, -0.25) is 15.0 Å². The van der Waals surface area contributed by atoms with Crippen LogP contribution in [0.4, 0.5) is 0 Å². The molecule has 31 heavy (non-hydrogen) atoms. The van der Waals surface area contributed by atoms with Crippen LogP contribution in [0.15, 0.2) is 78.0 Å². The van der Waals surface area contributed by atoms with Crippen molar-refractivity contribution in [3.63, 3.8) is 0 Å². The topological polar surface area (TPSA) is 77.0 Å². The van der Waals surface area contributed by atoms with Crippen LogP contribution >= 0.6 is 11.3 Å². The van der Waals surface area contributed by atoms with Gasteiger partial charge in [0.05, 0.1) is 29.0 Å². The summed E-state index contributed by atoms with van der Waals surface area (Å²) in [6.45, 7) is 2.50. The van der Waals surface area contributed by atoms with Gasteiger partial charge in [0.25, 0.3) is 0 Å². The standard InChI is InChI=1S/C25H25N5S/c1-18-23(24(26)29-15-20-11-6-3-7-12-20)31-25(30-18)22-17-27-21(16-28-22)14-8-13-19-9-4-2-5-10-19/h2-7,9-12,16-17H,8,13-15H2,1H3,(H2,26,29). The summed E-state index contributed by atoms with van der Waals surface area (Å²) in [5, 5.41) is 0.814. The van der Waals surface area contributed by atoms with Gasteiger partial charge in [-0.1, -0.05) is 60.7 Å². The normalized spacial score (nSPS) is 11.6. The highest BCUT2D eigenvalue weighted by Crippen LogP contribution is 2.26. The maximum atomic E-state index is 6.25.